The van der Waals surface area contributed by atoms with Gasteiger partial charge in [0, 0.05) is 4.90 Å². The van der Waals surface area contributed by atoms with Crippen molar-refractivity contribution >= 4 is 35.0 Å². The molecular formula is C20H26N3O3S+. The zero-order chi connectivity index (χ0) is 19.8. The lowest BCUT2D eigenvalue weighted by Crippen LogP contribution is -3.14. The first kappa shape index (κ1) is 20.8. The van der Waals surface area contributed by atoms with Crippen LogP contribution >= 0.6 is 11.8 Å². The van der Waals surface area contributed by atoms with Gasteiger partial charge in [-0.1, -0.05) is 24.3 Å². The summed E-state index contributed by atoms with van der Waals surface area (Å²) in [4.78, 5) is 26.7. The molecule has 2 amide bonds. The first-order valence-electron chi connectivity index (χ1n) is 8.65. The highest BCUT2D eigenvalue weighted by Crippen LogP contribution is 2.24. The van der Waals surface area contributed by atoms with Crippen LogP contribution in [-0.2, 0) is 9.59 Å². The van der Waals surface area contributed by atoms with Crippen LogP contribution in [0.2, 0.25) is 0 Å². The van der Waals surface area contributed by atoms with Gasteiger partial charge in [0.25, 0.3) is 11.8 Å². The summed E-state index contributed by atoms with van der Waals surface area (Å²) in [5, 5.41) is 5.79. The van der Waals surface area contributed by atoms with Crippen molar-refractivity contribution in [1.29, 1.82) is 0 Å². The van der Waals surface area contributed by atoms with Crippen molar-refractivity contribution < 1.29 is 19.2 Å². The van der Waals surface area contributed by atoms with E-state index < -0.39 is 6.04 Å². The van der Waals surface area contributed by atoms with Gasteiger partial charge in [0.15, 0.2) is 12.6 Å². The second-order valence-corrected chi connectivity index (χ2v) is 7.03. The molecule has 2 atom stereocenters. The molecule has 3 N–H and O–H groups in total. The van der Waals surface area contributed by atoms with Gasteiger partial charge in [-0.25, -0.2) is 0 Å². The van der Waals surface area contributed by atoms with E-state index in [9.17, 15) is 9.59 Å². The maximum absolute atomic E-state index is 12.5. The number of hydrogen-bond acceptors (Lipinski definition) is 4. The van der Waals surface area contributed by atoms with Crippen molar-refractivity contribution in [2.75, 3.05) is 37.6 Å². The minimum absolute atomic E-state index is 0.133. The maximum Gasteiger partial charge on any atom is 0.282 e. The predicted octanol–water partition coefficient (Wildman–Crippen LogP) is 1.90. The molecule has 6 nitrogen and oxygen atoms in total. The molecule has 0 aliphatic carbocycles. The zero-order valence-electron chi connectivity index (χ0n) is 16.0. The van der Waals surface area contributed by atoms with Crippen LogP contribution in [0, 0.1) is 0 Å². The number of carbonyl (C=O) groups is 2. The number of nitrogens with one attached hydrogen (secondary N) is 3. The van der Waals surface area contributed by atoms with Crippen molar-refractivity contribution in [2.45, 2.75) is 17.9 Å². The Hall–Kier alpha value is -2.51. The van der Waals surface area contributed by atoms with Gasteiger partial charge in [-0.05, 0) is 37.4 Å². The molecule has 0 saturated heterocycles. The number of rotatable bonds is 8. The zero-order valence-corrected chi connectivity index (χ0v) is 16.9. The molecule has 0 fully saturated rings. The molecule has 0 saturated carbocycles. The Balaban J connectivity index is 1.95. The fraction of sp³-hybridized carbons (Fsp3) is 0.300. The lowest BCUT2D eigenvalue weighted by molar-refractivity contribution is -0.885. The number of thioether (sulfide) groups is 1. The van der Waals surface area contributed by atoms with Crippen molar-refractivity contribution in [3.8, 4) is 5.75 Å². The molecule has 27 heavy (non-hydrogen) atoms. The lowest BCUT2D eigenvalue weighted by Gasteiger charge is -2.21. The average molecular weight is 389 g/mol. The summed E-state index contributed by atoms with van der Waals surface area (Å²) in [5.74, 6) is 0.294. The molecule has 0 aliphatic rings. The van der Waals surface area contributed by atoms with Crippen LogP contribution in [0.25, 0.3) is 0 Å². The van der Waals surface area contributed by atoms with Crippen LogP contribution in [0.15, 0.2) is 53.4 Å². The predicted molar refractivity (Wildman–Crippen MR) is 110 cm³/mol. The molecule has 0 radical (unpaired) electrons. The molecule has 7 heteroatoms. The van der Waals surface area contributed by atoms with E-state index in [1.165, 1.54) is 0 Å². The molecule has 0 aromatic heterocycles. The Morgan fingerprint density at radius 2 is 1.70 bits per heavy atom. The van der Waals surface area contributed by atoms with Crippen molar-refractivity contribution in [3.63, 3.8) is 0 Å². The smallest absolute Gasteiger partial charge is 0.282 e. The van der Waals surface area contributed by atoms with E-state index in [1.54, 1.807) is 37.9 Å². The normalized spacial score (nSPS) is 12.7. The first-order valence-corrected chi connectivity index (χ1v) is 9.87. The van der Waals surface area contributed by atoms with Crippen LogP contribution in [0.3, 0.4) is 0 Å². The number of anilines is 2. The summed E-state index contributed by atoms with van der Waals surface area (Å²) in [7, 11) is 3.38. The number of quaternary nitrogens is 1. The van der Waals surface area contributed by atoms with E-state index in [0.717, 1.165) is 15.5 Å². The minimum atomic E-state index is -0.406. The third-order valence-electron chi connectivity index (χ3n) is 4.32. The van der Waals surface area contributed by atoms with Crippen LogP contribution in [-0.4, -0.2) is 44.8 Å². The van der Waals surface area contributed by atoms with Crippen molar-refractivity contribution in [1.82, 2.24) is 0 Å². The SMILES string of the molecule is COc1ccccc1NC(=O)[C@@H](C)[NH+](C)CC(=O)Nc1ccccc1SC. The van der Waals surface area contributed by atoms with Gasteiger partial charge in [0.05, 0.1) is 25.5 Å². The summed E-state index contributed by atoms with van der Waals surface area (Å²) in [6.45, 7) is 1.98. The number of para-hydroxylation sites is 3. The number of amides is 2. The maximum atomic E-state index is 12.5. The molecule has 2 aromatic carbocycles. The topological polar surface area (TPSA) is 71.9 Å². The fourth-order valence-electron chi connectivity index (χ4n) is 2.56. The number of ether oxygens (including phenoxy) is 1. The van der Waals surface area contributed by atoms with Crippen LogP contribution in [0.1, 0.15) is 6.92 Å². The van der Waals surface area contributed by atoms with E-state index in [0.29, 0.717) is 11.4 Å². The Bertz CT molecular complexity index is 798. The lowest BCUT2D eigenvalue weighted by atomic mass is 10.2. The Labute approximate surface area is 164 Å². The van der Waals surface area contributed by atoms with Crippen molar-refractivity contribution in [2.24, 2.45) is 0 Å². The Morgan fingerprint density at radius 3 is 2.37 bits per heavy atom. The van der Waals surface area contributed by atoms with Gasteiger partial charge in [-0.3, -0.25) is 9.59 Å². The second kappa shape index (κ2) is 9.99. The van der Waals surface area contributed by atoms with E-state index in [4.69, 9.17) is 4.74 Å². The standard InChI is InChI=1S/C20H25N3O3S/c1-14(20(25)22-15-9-5-7-11-17(15)26-3)23(2)13-19(24)21-16-10-6-8-12-18(16)27-4/h5-12,14H,13H2,1-4H3,(H,21,24)(H,22,25)/p+1/t14-/m1/s1. The highest BCUT2D eigenvalue weighted by Gasteiger charge is 2.25. The molecular weight excluding hydrogens is 362 g/mol. The number of benzene rings is 2. The minimum Gasteiger partial charge on any atom is -0.495 e. The van der Waals surface area contributed by atoms with Crippen LogP contribution in [0.5, 0.6) is 5.75 Å². The van der Waals surface area contributed by atoms with Crippen LogP contribution in [0.4, 0.5) is 11.4 Å². The number of hydrogen-bond donors (Lipinski definition) is 3. The third kappa shape index (κ3) is 5.74. The summed E-state index contributed by atoms with van der Waals surface area (Å²) >= 11 is 1.57. The van der Waals surface area contributed by atoms with Gasteiger partial charge < -0.3 is 20.3 Å². The molecule has 2 aromatic rings. The third-order valence-corrected chi connectivity index (χ3v) is 5.11. The molecule has 0 spiro atoms. The average Bonchev–Trinajstić information content (AvgIpc) is 2.68. The van der Waals surface area contributed by atoms with Crippen molar-refractivity contribution in [3.05, 3.63) is 48.5 Å². The number of methoxy groups -OCH3 is 1. The molecule has 0 aliphatic heterocycles. The summed E-state index contributed by atoms with van der Waals surface area (Å²) < 4.78 is 5.25. The summed E-state index contributed by atoms with van der Waals surface area (Å²) in [6.07, 6.45) is 1.96. The van der Waals surface area contributed by atoms with E-state index >= 15 is 0 Å². The highest BCUT2D eigenvalue weighted by molar-refractivity contribution is 7.98. The molecule has 0 bridgehead atoms. The first-order chi connectivity index (χ1) is 13.0. The Morgan fingerprint density at radius 1 is 1.07 bits per heavy atom. The van der Waals surface area contributed by atoms with E-state index in [-0.39, 0.29) is 18.4 Å². The molecule has 0 heterocycles. The van der Waals surface area contributed by atoms with Gasteiger partial charge in [-0.15, -0.1) is 11.8 Å². The van der Waals surface area contributed by atoms with Gasteiger partial charge >= 0.3 is 0 Å². The van der Waals surface area contributed by atoms with Gasteiger partial charge in [0.2, 0.25) is 0 Å². The fourth-order valence-corrected chi connectivity index (χ4v) is 3.11. The summed E-state index contributed by atoms with van der Waals surface area (Å²) in [5.41, 5.74) is 1.40. The molecule has 1 unspecified atom stereocenters. The van der Waals surface area contributed by atoms with E-state index in [2.05, 4.69) is 10.6 Å². The van der Waals surface area contributed by atoms with Gasteiger partial charge in [-0.2, -0.15) is 0 Å². The second-order valence-electron chi connectivity index (χ2n) is 6.18. The van der Waals surface area contributed by atoms with Gasteiger partial charge in [0.1, 0.15) is 5.75 Å². The highest BCUT2D eigenvalue weighted by atomic mass is 32.2. The number of likely N-dealkylation sites (N-methyl/N-ethyl adjacent to an activating group) is 1. The number of carbonyl (C=O) groups excluding carboxylic acids is 2. The molecule has 144 valence electrons. The monoisotopic (exact) mass is 388 g/mol. The summed E-state index contributed by atoms with van der Waals surface area (Å²) in [6, 6.07) is 14.5. The quantitative estimate of drug-likeness (QED) is 0.604. The van der Waals surface area contributed by atoms with E-state index in [1.807, 2.05) is 49.7 Å². The largest absolute Gasteiger partial charge is 0.495 e. The molecule has 2 rings (SSSR count). The Kier molecular flexibility index (Phi) is 7.69. The van der Waals surface area contributed by atoms with Crippen LogP contribution < -0.4 is 20.3 Å².